The molecule has 7 heavy (non-hydrogen) atoms. The van der Waals surface area contributed by atoms with Crippen LogP contribution in [0.4, 0.5) is 0 Å². The van der Waals surface area contributed by atoms with Crippen LogP contribution in [0.15, 0.2) is 11.5 Å². The van der Waals surface area contributed by atoms with E-state index in [0.29, 0.717) is 0 Å². The molecule has 0 aliphatic heterocycles. The Morgan fingerprint density at radius 1 is 1.71 bits per heavy atom. The first-order valence-corrected chi connectivity index (χ1v) is 3.95. The summed E-state index contributed by atoms with van der Waals surface area (Å²) in [5, 5.41) is 0. The van der Waals surface area contributed by atoms with Crippen LogP contribution in [0.3, 0.4) is 0 Å². The van der Waals surface area contributed by atoms with Gasteiger partial charge in [-0.2, -0.15) is 0 Å². The van der Waals surface area contributed by atoms with Crippen molar-refractivity contribution in [1.82, 2.24) is 0 Å². The summed E-state index contributed by atoms with van der Waals surface area (Å²) in [5.41, 5.74) is 0. The van der Waals surface area contributed by atoms with Crippen molar-refractivity contribution < 1.29 is 9.11 Å². The molecule has 0 saturated heterocycles. The number of allylic oxidation sites excluding steroid dienone is 1. The lowest BCUT2D eigenvalue weighted by Crippen LogP contribution is -1.84. The van der Waals surface area contributed by atoms with Crippen molar-refractivity contribution in [3.8, 4) is 0 Å². The zero-order valence-corrected chi connectivity index (χ0v) is 5.46. The second-order valence-electron chi connectivity index (χ2n) is 1.18. The summed E-state index contributed by atoms with van der Waals surface area (Å²) in [6.07, 6.45) is 0. The second-order valence-corrected chi connectivity index (χ2v) is 4.13. The Balaban J connectivity index is 3.79. The van der Waals surface area contributed by atoms with Crippen LogP contribution in [0.1, 0.15) is 6.92 Å². The molecule has 0 aromatic heterocycles. The van der Waals surface area contributed by atoms with E-state index >= 15 is 0 Å². The lowest BCUT2D eigenvalue weighted by atomic mass is 10.8. The van der Waals surface area contributed by atoms with Gasteiger partial charge in [0.05, 0.1) is 0 Å². The predicted octanol–water partition coefficient (Wildman–Crippen LogP) is 2.42. The van der Waals surface area contributed by atoms with E-state index in [1.54, 1.807) is 0 Å². The molecule has 0 aliphatic carbocycles. The summed E-state index contributed by atoms with van der Waals surface area (Å²) in [4.78, 5) is 0.203. The van der Waals surface area contributed by atoms with E-state index in [9.17, 15) is 0 Å². The standard InChI is InChI=1S/C3H7ClO2S/c1-3(2)7(4,5)6/h5-6H,1H2,2H3. The third-order valence-electron chi connectivity index (χ3n) is 0.443. The van der Waals surface area contributed by atoms with Crippen LogP contribution in [0, 0.1) is 0 Å². The van der Waals surface area contributed by atoms with Gasteiger partial charge in [-0.05, 0) is 6.92 Å². The molecule has 0 heterocycles. The van der Waals surface area contributed by atoms with Crippen LogP contribution in [-0.4, -0.2) is 9.11 Å². The Morgan fingerprint density at radius 3 is 1.86 bits per heavy atom. The Hall–Kier alpha value is 0.300. The lowest BCUT2D eigenvalue weighted by Gasteiger charge is -2.21. The van der Waals surface area contributed by atoms with Crippen LogP contribution >= 0.6 is 20.5 Å². The van der Waals surface area contributed by atoms with Gasteiger partial charge in [0.25, 0.3) is 0 Å². The number of halogens is 1. The van der Waals surface area contributed by atoms with Crippen LogP contribution in [0.5, 0.6) is 0 Å². The maximum absolute atomic E-state index is 8.40. The fraction of sp³-hybridized carbons (Fsp3) is 0.333. The van der Waals surface area contributed by atoms with E-state index in [0.717, 1.165) is 0 Å². The van der Waals surface area contributed by atoms with Crippen molar-refractivity contribution in [3.63, 3.8) is 0 Å². The minimum absolute atomic E-state index is 0.203. The first kappa shape index (κ1) is 7.30. The summed E-state index contributed by atoms with van der Waals surface area (Å²) >= 11 is 0. The van der Waals surface area contributed by atoms with Crippen molar-refractivity contribution >= 4 is 20.5 Å². The molecule has 0 rings (SSSR count). The normalized spacial score (nSPS) is 13.7. The van der Waals surface area contributed by atoms with Gasteiger partial charge in [0.1, 0.15) is 0 Å². The van der Waals surface area contributed by atoms with Crippen LogP contribution in [-0.2, 0) is 0 Å². The van der Waals surface area contributed by atoms with Gasteiger partial charge in [-0.25, -0.2) is 0 Å². The SMILES string of the molecule is C=C(C)S(O)(O)Cl. The maximum Gasteiger partial charge on any atom is 0.0428 e. The Labute approximate surface area is 48.7 Å². The molecule has 0 aliphatic rings. The quantitative estimate of drug-likeness (QED) is 0.591. The molecular weight excluding hydrogens is 136 g/mol. The Morgan fingerprint density at radius 2 is 1.86 bits per heavy atom. The average molecular weight is 143 g/mol. The van der Waals surface area contributed by atoms with Crippen LogP contribution in [0.2, 0.25) is 0 Å². The molecule has 0 amide bonds. The van der Waals surface area contributed by atoms with Crippen molar-refractivity contribution in [2.75, 3.05) is 0 Å². The molecule has 0 aromatic carbocycles. The molecule has 2 N–H and O–H groups in total. The van der Waals surface area contributed by atoms with E-state index < -0.39 is 9.80 Å². The molecular formula is C3H7ClO2S. The minimum Gasteiger partial charge on any atom is -0.281 e. The molecule has 0 bridgehead atoms. The Kier molecular flexibility index (Phi) is 2.13. The van der Waals surface area contributed by atoms with Crippen LogP contribution < -0.4 is 0 Å². The van der Waals surface area contributed by atoms with Gasteiger partial charge in [-0.15, -0.1) is 0 Å². The Bertz CT molecular complexity index is 85.4. The highest BCUT2D eigenvalue weighted by molar-refractivity contribution is 8.45. The van der Waals surface area contributed by atoms with Gasteiger partial charge in [0.15, 0.2) is 0 Å². The topological polar surface area (TPSA) is 40.5 Å². The molecule has 44 valence electrons. The number of hydrogen-bond acceptors (Lipinski definition) is 2. The van der Waals surface area contributed by atoms with E-state index in [1.165, 1.54) is 6.92 Å². The fourth-order valence-corrected chi connectivity index (χ4v) is 0. The fourth-order valence-electron chi connectivity index (χ4n) is 0. The van der Waals surface area contributed by atoms with Gasteiger partial charge in [0, 0.05) is 15.6 Å². The van der Waals surface area contributed by atoms with E-state index in [4.69, 9.17) is 19.8 Å². The highest BCUT2D eigenvalue weighted by Gasteiger charge is 2.05. The molecule has 0 unspecified atom stereocenters. The third-order valence-corrected chi connectivity index (χ3v) is 2.12. The maximum atomic E-state index is 8.40. The van der Waals surface area contributed by atoms with Crippen molar-refractivity contribution in [1.29, 1.82) is 0 Å². The van der Waals surface area contributed by atoms with Crippen molar-refractivity contribution in [2.45, 2.75) is 6.92 Å². The zero-order chi connectivity index (χ0) is 6.08. The van der Waals surface area contributed by atoms with E-state index in [-0.39, 0.29) is 4.91 Å². The summed E-state index contributed by atoms with van der Waals surface area (Å²) < 4.78 is 16.8. The van der Waals surface area contributed by atoms with Crippen LogP contribution in [0.25, 0.3) is 0 Å². The monoisotopic (exact) mass is 142 g/mol. The van der Waals surface area contributed by atoms with Crippen molar-refractivity contribution in [2.24, 2.45) is 0 Å². The van der Waals surface area contributed by atoms with Gasteiger partial charge < -0.3 is 0 Å². The summed E-state index contributed by atoms with van der Waals surface area (Å²) in [6, 6.07) is 0. The van der Waals surface area contributed by atoms with E-state index in [2.05, 4.69) is 6.58 Å². The van der Waals surface area contributed by atoms with Gasteiger partial charge in [-0.1, -0.05) is 16.4 Å². The second kappa shape index (κ2) is 2.05. The molecule has 0 saturated carbocycles. The van der Waals surface area contributed by atoms with E-state index in [1.807, 2.05) is 0 Å². The molecule has 4 heteroatoms. The lowest BCUT2D eigenvalue weighted by molar-refractivity contribution is 0.515. The van der Waals surface area contributed by atoms with Gasteiger partial charge in [0.2, 0.25) is 0 Å². The largest absolute Gasteiger partial charge is 0.281 e. The first-order valence-electron chi connectivity index (χ1n) is 1.58. The number of hydrogen-bond donors (Lipinski definition) is 2. The average Bonchev–Trinajstić information content (AvgIpc) is 1.31. The molecule has 0 atom stereocenters. The minimum atomic E-state index is -2.96. The highest BCUT2D eigenvalue weighted by atomic mass is 35.7. The third kappa shape index (κ3) is 2.93. The molecule has 0 fully saturated rings. The summed E-state index contributed by atoms with van der Waals surface area (Å²) in [7, 11) is 2.00. The first-order chi connectivity index (χ1) is 2.94. The zero-order valence-electron chi connectivity index (χ0n) is 3.89. The van der Waals surface area contributed by atoms with Crippen molar-refractivity contribution in [3.05, 3.63) is 11.5 Å². The highest BCUT2D eigenvalue weighted by Crippen LogP contribution is 2.50. The van der Waals surface area contributed by atoms with Gasteiger partial charge in [-0.3, -0.25) is 9.11 Å². The molecule has 0 radical (unpaired) electrons. The predicted molar refractivity (Wildman–Crippen MR) is 33.5 cm³/mol. The number of rotatable bonds is 1. The van der Waals surface area contributed by atoms with Gasteiger partial charge >= 0.3 is 0 Å². The summed E-state index contributed by atoms with van der Waals surface area (Å²) in [5.74, 6) is 0. The molecule has 0 aromatic rings. The smallest absolute Gasteiger partial charge is 0.0428 e. The molecule has 2 nitrogen and oxygen atoms in total. The molecule has 0 spiro atoms. The summed E-state index contributed by atoms with van der Waals surface area (Å²) in [6.45, 7) is 4.69.